The Morgan fingerprint density at radius 2 is 1.76 bits per heavy atom. The van der Waals surface area contributed by atoms with Gasteiger partial charge in [0.15, 0.2) is 17.6 Å². The summed E-state index contributed by atoms with van der Waals surface area (Å²) in [6, 6.07) is 14.1. The number of guanidine groups is 1. The van der Waals surface area contributed by atoms with Crippen molar-refractivity contribution in [3.8, 4) is 6.07 Å². The molecule has 4 rings (SSSR count). The van der Waals surface area contributed by atoms with E-state index in [1.54, 1.807) is 11.9 Å². The van der Waals surface area contributed by atoms with Crippen molar-refractivity contribution >= 4 is 5.96 Å². The fourth-order valence-corrected chi connectivity index (χ4v) is 4.19. The Kier molecular flexibility index (Phi) is 4.23. The maximum Gasteiger partial charge on any atom is 0.196 e. The first kappa shape index (κ1) is 19.1. The molecule has 1 aliphatic heterocycles. The van der Waals surface area contributed by atoms with Crippen LogP contribution in [0.5, 0.6) is 0 Å². The van der Waals surface area contributed by atoms with E-state index in [-0.39, 0.29) is 17.3 Å². The first-order valence-electron chi connectivity index (χ1n) is 9.47. The van der Waals surface area contributed by atoms with E-state index >= 15 is 0 Å². The minimum Gasteiger partial charge on any atom is -0.370 e. The maximum atomic E-state index is 14.0. The highest BCUT2D eigenvalue weighted by Gasteiger charge is 2.46. The molecule has 0 radical (unpaired) electrons. The van der Waals surface area contributed by atoms with Gasteiger partial charge < -0.3 is 10.6 Å². The van der Waals surface area contributed by atoms with Gasteiger partial charge in [0.1, 0.15) is 0 Å². The first-order chi connectivity index (χ1) is 13.7. The van der Waals surface area contributed by atoms with Crippen LogP contribution < -0.4 is 5.73 Å². The molecule has 1 aliphatic carbocycles. The van der Waals surface area contributed by atoms with E-state index in [0.717, 1.165) is 30.0 Å². The van der Waals surface area contributed by atoms with E-state index in [1.807, 2.05) is 31.2 Å². The maximum absolute atomic E-state index is 14.0. The highest BCUT2D eigenvalue weighted by atomic mass is 19.2. The predicted octanol–water partition coefficient (Wildman–Crippen LogP) is 4.29. The molecular weight excluding hydrogens is 370 g/mol. The molecule has 0 unspecified atom stereocenters. The lowest BCUT2D eigenvalue weighted by atomic mass is 9.73. The average molecular weight is 392 g/mol. The molecule has 0 spiro atoms. The molecule has 0 amide bonds. The summed E-state index contributed by atoms with van der Waals surface area (Å²) in [6.07, 6.45) is 1.74. The standard InChI is InChI=1S/C23H22F2N4/c1-14-20(15-4-6-16(7-5-15)23(13-26)10-11-23)22(2,28-21(27)29(14)3)17-8-9-18(24)19(25)12-17/h4-9,12,20H,1,10-11H2,2-3H3,(H2,27,28)/t20-,22+/m0/s1. The molecule has 0 saturated heterocycles. The van der Waals surface area contributed by atoms with Gasteiger partial charge in [-0.15, -0.1) is 0 Å². The smallest absolute Gasteiger partial charge is 0.196 e. The van der Waals surface area contributed by atoms with Crippen LogP contribution in [0, 0.1) is 23.0 Å². The van der Waals surface area contributed by atoms with Crippen molar-refractivity contribution in [2.24, 2.45) is 10.7 Å². The van der Waals surface area contributed by atoms with Crippen LogP contribution in [0.4, 0.5) is 8.78 Å². The molecule has 0 bridgehead atoms. The van der Waals surface area contributed by atoms with Crippen LogP contribution in [0.15, 0.2) is 59.7 Å². The lowest BCUT2D eigenvalue weighted by Gasteiger charge is -2.44. The second-order valence-electron chi connectivity index (χ2n) is 8.05. The largest absolute Gasteiger partial charge is 0.370 e. The monoisotopic (exact) mass is 392 g/mol. The van der Waals surface area contributed by atoms with Gasteiger partial charge in [-0.2, -0.15) is 5.26 Å². The molecule has 2 aromatic carbocycles. The van der Waals surface area contributed by atoms with Gasteiger partial charge in [0.25, 0.3) is 0 Å². The quantitative estimate of drug-likeness (QED) is 0.847. The second-order valence-corrected chi connectivity index (χ2v) is 8.05. The van der Waals surface area contributed by atoms with E-state index in [0.29, 0.717) is 11.3 Å². The fourth-order valence-electron chi connectivity index (χ4n) is 4.19. The van der Waals surface area contributed by atoms with Gasteiger partial charge in [0.05, 0.1) is 22.9 Å². The number of nitrogens with two attached hydrogens (primary N) is 1. The van der Waals surface area contributed by atoms with Crippen molar-refractivity contribution in [1.29, 1.82) is 5.26 Å². The SMILES string of the molecule is C=C1[C@@H](c2ccc(C3(C#N)CC3)cc2)[C@@](C)(c2ccc(F)c(F)c2)N=C(N)N1C. The van der Waals surface area contributed by atoms with E-state index in [9.17, 15) is 14.0 Å². The van der Waals surface area contributed by atoms with Gasteiger partial charge in [-0.3, -0.25) is 0 Å². The van der Waals surface area contributed by atoms with Gasteiger partial charge in [-0.25, -0.2) is 13.8 Å². The summed E-state index contributed by atoms with van der Waals surface area (Å²) in [5.41, 5.74) is 7.91. The van der Waals surface area contributed by atoms with E-state index in [1.165, 1.54) is 12.1 Å². The molecule has 148 valence electrons. The summed E-state index contributed by atoms with van der Waals surface area (Å²) in [6.45, 7) is 6.06. The minimum atomic E-state index is -0.962. The lowest BCUT2D eigenvalue weighted by molar-refractivity contribution is 0.347. The van der Waals surface area contributed by atoms with Crippen LogP contribution in [0.1, 0.15) is 42.4 Å². The normalized spacial score (nSPS) is 25.3. The molecule has 2 atom stereocenters. The van der Waals surface area contributed by atoms with Gasteiger partial charge in [0, 0.05) is 12.7 Å². The molecule has 2 N–H and O–H groups in total. The third kappa shape index (κ3) is 2.89. The zero-order chi connectivity index (χ0) is 21.0. The minimum absolute atomic E-state index is 0.261. The molecule has 2 aromatic rings. The van der Waals surface area contributed by atoms with Gasteiger partial charge in [-0.1, -0.05) is 36.9 Å². The van der Waals surface area contributed by atoms with Crippen molar-refractivity contribution in [2.75, 3.05) is 7.05 Å². The van der Waals surface area contributed by atoms with Gasteiger partial charge in [0.2, 0.25) is 0 Å². The third-order valence-electron chi connectivity index (χ3n) is 6.28. The number of likely N-dealkylation sites (N-methyl/N-ethyl adjacent to an activating group) is 1. The number of benzene rings is 2. The zero-order valence-corrected chi connectivity index (χ0v) is 16.4. The zero-order valence-electron chi connectivity index (χ0n) is 16.4. The molecule has 2 aliphatic rings. The van der Waals surface area contributed by atoms with Crippen LogP contribution in [0.25, 0.3) is 0 Å². The number of rotatable bonds is 3. The van der Waals surface area contributed by atoms with E-state index in [4.69, 9.17) is 5.73 Å². The molecule has 1 fully saturated rings. The van der Waals surface area contributed by atoms with E-state index in [2.05, 4.69) is 17.6 Å². The molecular formula is C23H22F2N4. The van der Waals surface area contributed by atoms with Gasteiger partial charge >= 0.3 is 0 Å². The molecule has 4 nitrogen and oxygen atoms in total. The van der Waals surface area contributed by atoms with Crippen molar-refractivity contribution in [3.63, 3.8) is 0 Å². The molecule has 0 aromatic heterocycles. The number of hydrogen-bond donors (Lipinski definition) is 1. The van der Waals surface area contributed by atoms with Crippen molar-refractivity contribution < 1.29 is 8.78 Å². The summed E-state index contributed by atoms with van der Waals surface area (Å²) in [5, 5.41) is 9.45. The van der Waals surface area contributed by atoms with Crippen LogP contribution in [-0.2, 0) is 11.0 Å². The van der Waals surface area contributed by atoms with Crippen LogP contribution in [-0.4, -0.2) is 17.9 Å². The molecule has 1 heterocycles. The Morgan fingerprint density at radius 1 is 1.14 bits per heavy atom. The molecule has 29 heavy (non-hydrogen) atoms. The topological polar surface area (TPSA) is 65.4 Å². The number of nitriles is 1. The second kappa shape index (κ2) is 6.41. The highest BCUT2D eigenvalue weighted by molar-refractivity contribution is 5.82. The Morgan fingerprint density at radius 3 is 2.31 bits per heavy atom. The summed E-state index contributed by atoms with van der Waals surface area (Å²) in [4.78, 5) is 6.37. The Hall–Kier alpha value is -3.20. The lowest BCUT2D eigenvalue weighted by Crippen LogP contribution is -2.47. The van der Waals surface area contributed by atoms with Crippen molar-refractivity contribution in [1.82, 2.24) is 4.90 Å². The van der Waals surface area contributed by atoms with Crippen LogP contribution in [0.2, 0.25) is 0 Å². The average Bonchev–Trinajstić information content (AvgIpc) is 3.50. The fraction of sp³-hybridized carbons (Fsp3) is 0.304. The predicted molar refractivity (Wildman–Crippen MR) is 108 cm³/mol. The van der Waals surface area contributed by atoms with Crippen LogP contribution >= 0.6 is 0 Å². The summed E-state index contributed by atoms with van der Waals surface area (Å²) < 4.78 is 27.6. The Labute approximate surface area is 169 Å². The van der Waals surface area contributed by atoms with Crippen molar-refractivity contribution in [2.45, 2.75) is 36.6 Å². The van der Waals surface area contributed by atoms with E-state index < -0.39 is 17.2 Å². The third-order valence-corrected chi connectivity index (χ3v) is 6.28. The van der Waals surface area contributed by atoms with Gasteiger partial charge in [-0.05, 0) is 48.6 Å². The summed E-state index contributed by atoms with van der Waals surface area (Å²) in [7, 11) is 1.78. The summed E-state index contributed by atoms with van der Waals surface area (Å²) >= 11 is 0. The number of halogens is 2. The number of hydrogen-bond acceptors (Lipinski definition) is 4. The molecule has 1 saturated carbocycles. The highest BCUT2D eigenvalue weighted by Crippen LogP contribution is 2.50. The number of nitrogens with zero attached hydrogens (tertiary/aromatic N) is 3. The van der Waals surface area contributed by atoms with Crippen molar-refractivity contribution in [3.05, 3.63) is 83.1 Å². The summed E-state index contributed by atoms with van der Waals surface area (Å²) in [5.74, 6) is -1.92. The molecule has 6 heteroatoms. The van der Waals surface area contributed by atoms with Crippen LogP contribution in [0.3, 0.4) is 0 Å². The number of aliphatic imine (C=N–C) groups is 1. The first-order valence-corrected chi connectivity index (χ1v) is 9.47. The Balaban J connectivity index is 1.83. The Bertz CT molecular complexity index is 1060.